The lowest BCUT2D eigenvalue weighted by Crippen LogP contribution is -2.28. The first-order chi connectivity index (χ1) is 8.75. The molecule has 1 aromatic heterocycles. The Balaban J connectivity index is 1.96. The molecule has 0 saturated heterocycles. The summed E-state index contributed by atoms with van der Waals surface area (Å²) in [5.74, 6) is -0.0676. The van der Waals surface area contributed by atoms with Crippen LogP contribution in [0, 0.1) is 5.92 Å². The van der Waals surface area contributed by atoms with Crippen LogP contribution in [-0.2, 0) is 4.79 Å². The van der Waals surface area contributed by atoms with Crippen molar-refractivity contribution in [2.24, 2.45) is 5.92 Å². The minimum atomic E-state index is -0.958. The van der Waals surface area contributed by atoms with Crippen molar-refractivity contribution in [2.75, 3.05) is 5.32 Å². The van der Waals surface area contributed by atoms with Crippen molar-refractivity contribution in [3.8, 4) is 0 Å². The fourth-order valence-corrected chi connectivity index (χ4v) is 2.55. The maximum atomic E-state index is 11.1. The molecule has 0 fully saturated rings. The monoisotopic (exact) mass is 246 g/mol. The number of rotatable bonds is 2. The van der Waals surface area contributed by atoms with Crippen LogP contribution in [-0.4, -0.2) is 25.8 Å². The third kappa shape index (κ3) is 1.79. The number of hydrogen-bond acceptors (Lipinski definition) is 4. The van der Waals surface area contributed by atoms with E-state index in [-0.39, 0.29) is 11.7 Å². The highest BCUT2D eigenvalue weighted by Gasteiger charge is 2.30. The number of carbonyl (C=O) groups is 1. The van der Waals surface area contributed by atoms with Crippen LogP contribution < -0.4 is 5.32 Å². The second-order valence-corrected chi connectivity index (χ2v) is 4.57. The molecular weight excluding hydrogens is 232 g/mol. The lowest BCUT2D eigenvalue weighted by Gasteiger charge is -2.29. The maximum Gasteiger partial charge on any atom is 0.352 e. The fraction of sp³-hybridized carbons (Fsp3) is 0.417. The molecule has 6 heteroatoms. The average molecular weight is 246 g/mol. The van der Waals surface area contributed by atoms with Gasteiger partial charge in [-0.1, -0.05) is 12.2 Å². The zero-order chi connectivity index (χ0) is 12.5. The quantitative estimate of drug-likeness (QED) is 0.774. The molecule has 2 atom stereocenters. The van der Waals surface area contributed by atoms with Crippen LogP contribution in [0.1, 0.15) is 25.3 Å². The maximum absolute atomic E-state index is 11.1. The zero-order valence-corrected chi connectivity index (χ0v) is 9.78. The van der Waals surface area contributed by atoms with Crippen molar-refractivity contribution >= 4 is 11.9 Å². The minimum absolute atomic E-state index is 0.0280. The van der Waals surface area contributed by atoms with Crippen LogP contribution in [0.15, 0.2) is 30.3 Å². The van der Waals surface area contributed by atoms with Crippen LogP contribution in [0.25, 0.3) is 0 Å². The first kappa shape index (κ1) is 11.0. The Labute approximate surface area is 104 Å². The van der Waals surface area contributed by atoms with Crippen LogP contribution >= 0.6 is 0 Å². The Bertz CT molecular complexity index is 532. The second-order valence-electron chi connectivity index (χ2n) is 4.57. The van der Waals surface area contributed by atoms with E-state index in [0.717, 1.165) is 19.3 Å². The van der Waals surface area contributed by atoms with Gasteiger partial charge in [-0.05, 0) is 31.3 Å². The van der Waals surface area contributed by atoms with Crippen LogP contribution in [0.3, 0.4) is 0 Å². The zero-order valence-electron chi connectivity index (χ0n) is 9.78. The van der Waals surface area contributed by atoms with E-state index < -0.39 is 5.97 Å². The van der Waals surface area contributed by atoms with Crippen molar-refractivity contribution in [1.82, 2.24) is 14.8 Å². The van der Waals surface area contributed by atoms with Gasteiger partial charge in [-0.2, -0.15) is 10.1 Å². The van der Waals surface area contributed by atoms with Gasteiger partial charge < -0.3 is 10.4 Å². The number of nitrogens with zero attached hydrogens (tertiary/aromatic N) is 3. The molecule has 1 aromatic rings. The number of allylic oxidation sites excluding steroid dienone is 3. The molecule has 2 heterocycles. The first-order valence-electron chi connectivity index (χ1n) is 6.02. The Morgan fingerprint density at radius 1 is 1.50 bits per heavy atom. The van der Waals surface area contributed by atoms with E-state index in [2.05, 4.69) is 27.6 Å². The molecule has 0 bridgehead atoms. The van der Waals surface area contributed by atoms with Gasteiger partial charge in [0, 0.05) is 0 Å². The summed E-state index contributed by atoms with van der Waals surface area (Å²) in [6.45, 7) is 0. The molecule has 0 spiro atoms. The third-order valence-corrected chi connectivity index (χ3v) is 3.46. The van der Waals surface area contributed by atoms with Crippen LogP contribution in [0.4, 0.5) is 5.95 Å². The predicted molar refractivity (Wildman–Crippen MR) is 64.9 cm³/mol. The molecule has 2 aliphatic rings. The van der Waals surface area contributed by atoms with E-state index in [9.17, 15) is 4.79 Å². The summed E-state index contributed by atoms with van der Waals surface area (Å²) in [4.78, 5) is 15.2. The van der Waals surface area contributed by atoms with Gasteiger partial charge in [0.2, 0.25) is 5.95 Å². The standard InChI is InChI=1S/C12H14N4O2/c17-11(18)9-6-10(8-4-2-1-3-5-8)16-12(15-9)13-7-14-16/h1-2,6-8,10H,3-5H2,(H,17,18)(H,13,14,15)/t8-,10-/m0/s1. The summed E-state index contributed by atoms with van der Waals surface area (Å²) in [5, 5.41) is 16.1. The minimum Gasteiger partial charge on any atom is -0.477 e. The third-order valence-electron chi connectivity index (χ3n) is 3.46. The topological polar surface area (TPSA) is 80.0 Å². The van der Waals surface area contributed by atoms with Crippen molar-refractivity contribution < 1.29 is 9.90 Å². The molecule has 0 saturated carbocycles. The van der Waals surface area contributed by atoms with E-state index >= 15 is 0 Å². The number of nitrogens with one attached hydrogen (secondary N) is 1. The van der Waals surface area contributed by atoms with Gasteiger partial charge in [0.05, 0.1) is 6.04 Å². The van der Waals surface area contributed by atoms with Gasteiger partial charge in [0.1, 0.15) is 12.0 Å². The van der Waals surface area contributed by atoms with E-state index in [1.165, 1.54) is 6.33 Å². The molecule has 1 aliphatic heterocycles. The first-order valence-corrected chi connectivity index (χ1v) is 6.02. The summed E-state index contributed by atoms with van der Waals surface area (Å²) >= 11 is 0. The Kier molecular flexibility index (Phi) is 2.62. The molecule has 1 aliphatic carbocycles. The summed E-state index contributed by atoms with van der Waals surface area (Å²) in [6.07, 6.45) is 10.6. The molecule has 94 valence electrons. The van der Waals surface area contributed by atoms with Gasteiger partial charge in [-0.3, -0.25) is 0 Å². The summed E-state index contributed by atoms with van der Waals surface area (Å²) < 4.78 is 1.77. The van der Waals surface area contributed by atoms with Gasteiger partial charge in [-0.15, -0.1) is 0 Å². The lowest BCUT2D eigenvalue weighted by atomic mass is 9.87. The number of carboxylic acids is 1. The number of aromatic nitrogens is 3. The molecular formula is C12H14N4O2. The highest BCUT2D eigenvalue weighted by molar-refractivity contribution is 5.90. The van der Waals surface area contributed by atoms with Crippen molar-refractivity contribution in [3.05, 3.63) is 30.3 Å². The van der Waals surface area contributed by atoms with Crippen molar-refractivity contribution in [3.63, 3.8) is 0 Å². The smallest absolute Gasteiger partial charge is 0.352 e. The molecule has 3 rings (SSSR count). The Morgan fingerprint density at radius 3 is 3.11 bits per heavy atom. The largest absolute Gasteiger partial charge is 0.477 e. The van der Waals surface area contributed by atoms with E-state index in [0.29, 0.717) is 11.9 Å². The van der Waals surface area contributed by atoms with Gasteiger partial charge in [0.15, 0.2) is 0 Å². The molecule has 0 unspecified atom stereocenters. The second kappa shape index (κ2) is 4.29. The molecule has 6 nitrogen and oxygen atoms in total. The number of fused-ring (bicyclic) bond motifs is 1. The van der Waals surface area contributed by atoms with Crippen LogP contribution in [0.5, 0.6) is 0 Å². The summed E-state index contributed by atoms with van der Waals surface area (Å²) in [5.41, 5.74) is 0.190. The molecule has 2 N–H and O–H groups in total. The average Bonchev–Trinajstić information content (AvgIpc) is 2.86. The molecule has 0 amide bonds. The van der Waals surface area contributed by atoms with Gasteiger partial charge in [-0.25, -0.2) is 9.48 Å². The summed E-state index contributed by atoms with van der Waals surface area (Å²) in [7, 11) is 0. The van der Waals surface area contributed by atoms with Crippen molar-refractivity contribution in [1.29, 1.82) is 0 Å². The number of carboxylic acid groups (broad SMARTS) is 1. The van der Waals surface area contributed by atoms with Gasteiger partial charge >= 0.3 is 5.97 Å². The number of hydrogen-bond donors (Lipinski definition) is 2. The normalized spacial score (nSPS) is 26.1. The predicted octanol–water partition coefficient (Wildman–Crippen LogP) is 1.57. The highest BCUT2D eigenvalue weighted by atomic mass is 16.4. The van der Waals surface area contributed by atoms with Gasteiger partial charge in [0.25, 0.3) is 0 Å². The number of aliphatic carboxylic acids is 1. The Morgan fingerprint density at radius 2 is 2.39 bits per heavy atom. The molecule has 0 aromatic carbocycles. The van der Waals surface area contributed by atoms with E-state index in [1.807, 2.05) is 0 Å². The fourth-order valence-electron chi connectivity index (χ4n) is 2.55. The van der Waals surface area contributed by atoms with E-state index in [4.69, 9.17) is 5.11 Å². The summed E-state index contributed by atoms with van der Waals surface area (Å²) in [6, 6.07) is -0.0280. The van der Waals surface area contributed by atoms with E-state index in [1.54, 1.807) is 10.8 Å². The lowest BCUT2D eigenvalue weighted by molar-refractivity contribution is -0.132. The SMILES string of the molecule is O=C(O)C1=C[C@@H]([C@H]2CC=CCC2)n2ncnc2N1. The van der Waals surface area contributed by atoms with Crippen LogP contribution in [0.2, 0.25) is 0 Å². The number of anilines is 1. The Hall–Kier alpha value is -2.11. The molecule has 0 radical (unpaired) electrons. The van der Waals surface area contributed by atoms with Crippen molar-refractivity contribution in [2.45, 2.75) is 25.3 Å². The molecule has 18 heavy (non-hydrogen) atoms. The highest BCUT2D eigenvalue weighted by Crippen LogP contribution is 2.34.